The van der Waals surface area contributed by atoms with Crippen molar-refractivity contribution in [1.82, 2.24) is 10.0 Å². The Balaban J connectivity index is 2.82. The minimum absolute atomic E-state index is 0.202. The van der Waals surface area contributed by atoms with Crippen LogP contribution in [0.5, 0.6) is 5.75 Å². The fourth-order valence-corrected chi connectivity index (χ4v) is 3.37. The lowest BCUT2D eigenvalue weighted by Crippen LogP contribution is -2.25. The molecule has 0 aliphatic rings. The molecule has 0 atom stereocenters. The minimum Gasteiger partial charge on any atom is -0.495 e. The number of hydrogen-bond donors (Lipinski definition) is 2. The van der Waals surface area contributed by atoms with Crippen LogP contribution >= 0.6 is 0 Å². The predicted molar refractivity (Wildman–Crippen MR) is 85.1 cm³/mol. The molecule has 0 amide bonds. The summed E-state index contributed by atoms with van der Waals surface area (Å²) < 4.78 is 32.6. The highest BCUT2D eigenvalue weighted by Crippen LogP contribution is 2.24. The molecule has 0 aromatic heterocycles. The average molecular weight is 314 g/mol. The standard InChI is InChI=1S/C15H26N2O3S/c1-4-5-6-7-10-17-21(18,19)15-11-13(12-16-2)8-9-14(15)20-3/h8-9,11,16-17H,4-7,10,12H2,1-3H3. The van der Waals surface area contributed by atoms with E-state index in [0.29, 0.717) is 18.8 Å². The Labute approximate surface area is 128 Å². The number of unbranched alkanes of at least 4 members (excludes halogenated alkanes) is 3. The normalized spacial score (nSPS) is 11.6. The molecule has 0 aliphatic carbocycles. The van der Waals surface area contributed by atoms with E-state index in [0.717, 1.165) is 31.2 Å². The molecule has 0 spiro atoms. The summed E-state index contributed by atoms with van der Waals surface area (Å²) in [5, 5.41) is 3.01. The van der Waals surface area contributed by atoms with Crippen LogP contribution in [0.15, 0.2) is 23.1 Å². The fraction of sp³-hybridized carbons (Fsp3) is 0.600. The topological polar surface area (TPSA) is 67.4 Å². The lowest BCUT2D eigenvalue weighted by Gasteiger charge is -2.12. The van der Waals surface area contributed by atoms with Gasteiger partial charge in [0.1, 0.15) is 10.6 Å². The molecule has 0 fully saturated rings. The largest absolute Gasteiger partial charge is 0.495 e. The van der Waals surface area contributed by atoms with Gasteiger partial charge in [-0.05, 0) is 31.2 Å². The van der Waals surface area contributed by atoms with E-state index in [4.69, 9.17) is 4.74 Å². The van der Waals surface area contributed by atoms with E-state index >= 15 is 0 Å². The molecule has 1 rings (SSSR count). The van der Waals surface area contributed by atoms with E-state index in [-0.39, 0.29) is 4.90 Å². The second-order valence-electron chi connectivity index (χ2n) is 4.97. The molecule has 0 bridgehead atoms. The third-order valence-electron chi connectivity index (χ3n) is 3.22. The van der Waals surface area contributed by atoms with Crippen molar-refractivity contribution < 1.29 is 13.2 Å². The highest BCUT2D eigenvalue weighted by molar-refractivity contribution is 7.89. The molecule has 2 N–H and O–H groups in total. The van der Waals surface area contributed by atoms with Crippen LogP contribution in [0.3, 0.4) is 0 Å². The van der Waals surface area contributed by atoms with E-state index in [1.807, 2.05) is 13.1 Å². The van der Waals surface area contributed by atoms with E-state index in [1.165, 1.54) is 7.11 Å². The van der Waals surface area contributed by atoms with Gasteiger partial charge in [-0.3, -0.25) is 0 Å². The first-order valence-electron chi connectivity index (χ1n) is 7.36. The first-order chi connectivity index (χ1) is 10.0. The van der Waals surface area contributed by atoms with Gasteiger partial charge in [-0.1, -0.05) is 32.3 Å². The summed E-state index contributed by atoms with van der Waals surface area (Å²) in [6.07, 6.45) is 4.15. The summed E-state index contributed by atoms with van der Waals surface area (Å²) in [4.78, 5) is 0.202. The molecule has 0 radical (unpaired) electrons. The SMILES string of the molecule is CCCCCCNS(=O)(=O)c1cc(CNC)ccc1OC. The van der Waals surface area contributed by atoms with Gasteiger partial charge in [0.25, 0.3) is 0 Å². The monoisotopic (exact) mass is 314 g/mol. The number of hydrogen-bond acceptors (Lipinski definition) is 4. The molecular formula is C15H26N2O3S. The van der Waals surface area contributed by atoms with Crippen LogP contribution in [0.4, 0.5) is 0 Å². The molecule has 0 aliphatic heterocycles. The third-order valence-corrected chi connectivity index (χ3v) is 4.70. The first kappa shape index (κ1) is 17.9. The van der Waals surface area contributed by atoms with Gasteiger partial charge >= 0.3 is 0 Å². The predicted octanol–water partition coefficient (Wildman–Crippen LogP) is 2.27. The maximum Gasteiger partial charge on any atom is 0.244 e. The second kappa shape index (κ2) is 9.02. The fourth-order valence-electron chi connectivity index (χ4n) is 2.08. The average Bonchev–Trinajstić information content (AvgIpc) is 2.47. The lowest BCUT2D eigenvalue weighted by atomic mass is 10.2. The van der Waals surface area contributed by atoms with Crippen molar-refractivity contribution in [3.8, 4) is 5.75 Å². The summed E-state index contributed by atoms with van der Waals surface area (Å²) >= 11 is 0. The molecule has 0 saturated carbocycles. The molecule has 5 nitrogen and oxygen atoms in total. The van der Waals surface area contributed by atoms with E-state index in [9.17, 15) is 8.42 Å². The van der Waals surface area contributed by atoms with Crippen molar-refractivity contribution in [1.29, 1.82) is 0 Å². The molecule has 0 heterocycles. The van der Waals surface area contributed by atoms with Gasteiger partial charge in [-0.2, -0.15) is 0 Å². The number of benzene rings is 1. The van der Waals surface area contributed by atoms with Crippen molar-refractivity contribution in [2.24, 2.45) is 0 Å². The Kier molecular flexibility index (Phi) is 7.71. The van der Waals surface area contributed by atoms with Crippen LogP contribution in [0.2, 0.25) is 0 Å². The maximum atomic E-state index is 12.4. The highest BCUT2D eigenvalue weighted by Gasteiger charge is 2.19. The van der Waals surface area contributed by atoms with E-state index in [2.05, 4.69) is 17.0 Å². The molecular weight excluding hydrogens is 288 g/mol. The molecule has 6 heteroatoms. The number of rotatable bonds is 10. The summed E-state index contributed by atoms with van der Waals surface area (Å²) in [6.45, 7) is 3.20. The van der Waals surface area contributed by atoms with Crippen LogP contribution in [0.1, 0.15) is 38.2 Å². The van der Waals surface area contributed by atoms with E-state index < -0.39 is 10.0 Å². The molecule has 120 valence electrons. The smallest absolute Gasteiger partial charge is 0.244 e. The lowest BCUT2D eigenvalue weighted by molar-refractivity contribution is 0.402. The van der Waals surface area contributed by atoms with Gasteiger partial charge in [0.2, 0.25) is 10.0 Å². The molecule has 0 unspecified atom stereocenters. The first-order valence-corrected chi connectivity index (χ1v) is 8.84. The number of sulfonamides is 1. The van der Waals surface area contributed by atoms with Gasteiger partial charge in [0, 0.05) is 13.1 Å². The Bertz CT molecular complexity index is 530. The molecule has 1 aromatic carbocycles. The van der Waals surface area contributed by atoms with Crippen LogP contribution < -0.4 is 14.8 Å². The zero-order valence-electron chi connectivity index (χ0n) is 13.1. The van der Waals surface area contributed by atoms with Crippen molar-refractivity contribution in [3.63, 3.8) is 0 Å². The van der Waals surface area contributed by atoms with Gasteiger partial charge in [0.05, 0.1) is 7.11 Å². The molecule has 1 aromatic rings. The van der Waals surface area contributed by atoms with Crippen molar-refractivity contribution in [2.45, 2.75) is 44.0 Å². The number of ether oxygens (including phenoxy) is 1. The van der Waals surface area contributed by atoms with Crippen LogP contribution in [-0.2, 0) is 16.6 Å². The summed E-state index contributed by atoms with van der Waals surface area (Å²) in [7, 11) is -0.231. The summed E-state index contributed by atoms with van der Waals surface area (Å²) in [5.74, 6) is 0.371. The Morgan fingerprint density at radius 2 is 1.95 bits per heavy atom. The van der Waals surface area contributed by atoms with Crippen molar-refractivity contribution in [3.05, 3.63) is 23.8 Å². The van der Waals surface area contributed by atoms with Crippen LogP contribution in [0, 0.1) is 0 Å². The van der Waals surface area contributed by atoms with Gasteiger partial charge in [-0.15, -0.1) is 0 Å². The van der Waals surface area contributed by atoms with Crippen LogP contribution in [0.25, 0.3) is 0 Å². The summed E-state index contributed by atoms with van der Waals surface area (Å²) in [5.41, 5.74) is 0.907. The Hall–Kier alpha value is -1.11. The second-order valence-corrected chi connectivity index (χ2v) is 6.71. The third kappa shape index (κ3) is 5.65. The van der Waals surface area contributed by atoms with Crippen LogP contribution in [-0.4, -0.2) is 29.1 Å². The number of methoxy groups -OCH3 is 1. The quantitative estimate of drug-likeness (QED) is 0.650. The number of nitrogens with one attached hydrogen (secondary N) is 2. The maximum absolute atomic E-state index is 12.4. The minimum atomic E-state index is -3.53. The van der Waals surface area contributed by atoms with Gasteiger partial charge < -0.3 is 10.1 Å². The Morgan fingerprint density at radius 1 is 1.19 bits per heavy atom. The summed E-state index contributed by atoms with van der Waals surface area (Å²) in [6, 6.07) is 5.21. The molecule has 0 saturated heterocycles. The van der Waals surface area contributed by atoms with Crippen molar-refractivity contribution >= 4 is 10.0 Å². The Morgan fingerprint density at radius 3 is 2.57 bits per heavy atom. The van der Waals surface area contributed by atoms with Gasteiger partial charge in [-0.25, -0.2) is 13.1 Å². The zero-order chi connectivity index (χ0) is 15.7. The van der Waals surface area contributed by atoms with Gasteiger partial charge in [0.15, 0.2) is 0 Å². The highest BCUT2D eigenvalue weighted by atomic mass is 32.2. The van der Waals surface area contributed by atoms with Crippen molar-refractivity contribution in [2.75, 3.05) is 20.7 Å². The van der Waals surface area contributed by atoms with E-state index in [1.54, 1.807) is 12.1 Å². The molecule has 21 heavy (non-hydrogen) atoms. The zero-order valence-corrected chi connectivity index (χ0v) is 13.9.